The van der Waals surface area contributed by atoms with E-state index in [0.29, 0.717) is 5.56 Å². The van der Waals surface area contributed by atoms with Crippen molar-refractivity contribution in [1.29, 1.82) is 0 Å². The first-order valence-corrected chi connectivity index (χ1v) is 11.4. The standard InChI is InChI=1S/C21H25N5O7S/c1-5-31-20(30)33-11(2)32-19(29)15-21(3,4)34-18-14(17(28)26(15)18)23-16(27)13(24-25-22)12-9-7-6-8-10-12/h6-11,13-15,18H,5H2,1-4H3,(H,23,27)/t11?,13-,14?,15+,18-/m1/s1. The number of rotatable bonds is 8. The van der Waals surface area contributed by atoms with Gasteiger partial charge in [0, 0.05) is 16.6 Å². The Kier molecular flexibility index (Phi) is 7.57. The van der Waals surface area contributed by atoms with E-state index in [-0.39, 0.29) is 6.61 Å². The highest BCUT2D eigenvalue weighted by molar-refractivity contribution is 8.01. The molecule has 2 aliphatic heterocycles. The van der Waals surface area contributed by atoms with Crippen LogP contribution in [0.3, 0.4) is 0 Å². The Bertz CT molecular complexity index is 1010. The molecule has 0 saturated carbocycles. The minimum absolute atomic E-state index is 0.105. The average Bonchev–Trinajstić information content (AvgIpc) is 3.04. The van der Waals surface area contributed by atoms with Crippen molar-refractivity contribution in [3.8, 4) is 0 Å². The van der Waals surface area contributed by atoms with Crippen LogP contribution >= 0.6 is 11.8 Å². The first kappa shape index (κ1) is 25.2. The molecule has 2 aliphatic rings. The maximum Gasteiger partial charge on any atom is 0.511 e. The fourth-order valence-electron chi connectivity index (χ4n) is 3.86. The molecule has 0 aromatic heterocycles. The van der Waals surface area contributed by atoms with Gasteiger partial charge in [0.25, 0.3) is 0 Å². The number of esters is 1. The maximum atomic E-state index is 12.9. The maximum absolute atomic E-state index is 12.9. The Hall–Kier alpha value is -3.44. The Morgan fingerprint density at radius 1 is 1.26 bits per heavy atom. The van der Waals surface area contributed by atoms with Gasteiger partial charge in [0.2, 0.25) is 18.1 Å². The lowest BCUT2D eigenvalue weighted by molar-refractivity contribution is -0.180. The van der Waals surface area contributed by atoms with Crippen LogP contribution in [0, 0.1) is 0 Å². The third-order valence-corrected chi connectivity index (χ3v) is 6.87. The predicted octanol–water partition coefficient (Wildman–Crippen LogP) is 2.65. The molecule has 2 unspecified atom stereocenters. The summed E-state index contributed by atoms with van der Waals surface area (Å²) >= 11 is 1.33. The molecular weight excluding hydrogens is 466 g/mol. The van der Waals surface area contributed by atoms with Crippen molar-refractivity contribution >= 4 is 35.7 Å². The topological polar surface area (TPSA) is 160 Å². The molecule has 3 rings (SSSR count). The van der Waals surface area contributed by atoms with E-state index in [9.17, 15) is 19.2 Å². The van der Waals surface area contributed by atoms with E-state index in [1.165, 1.54) is 23.6 Å². The molecule has 2 heterocycles. The SMILES string of the molecule is CCOC(=O)OC(C)OC(=O)[C@@H]1N2C(=O)C(NC(=O)[C@H](N=[N+]=[N-])c3ccccc3)[C@H]2SC1(C)C. The highest BCUT2D eigenvalue weighted by atomic mass is 32.2. The summed E-state index contributed by atoms with van der Waals surface area (Å²) in [6, 6.07) is 5.46. The van der Waals surface area contributed by atoms with Crippen LogP contribution in [0.5, 0.6) is 0 Å². The second-order valence-electron chi connectivity index (χ2n) is 8.07. The Balaban J connectivity index is 1.68. The summed E-state index contributed by atoms with van der Waals surface area (Å²) in [6.07, 6.45) is -2.19. The second kappa shape index (κ2) is 10.2. The number of fused-ring (bicyclic) bond motifs is 1. The zero-order chi connectivity index (χ0) is 25.0. The van der Waals surface area contributed by atoms with Crippen molar-refractivity contribution in [3.63, 3.8) is 0 Å². The molecule has 0 bridgehead atoms. The molecule has 2 amide bonds. The van der Waals surface area contributed by atoms with Crippen LogP contribution in [0.25, 0.3) is 10.4 Å². The van der Waals surface area contributed by atoms with E-state index in [1.54, 1.807) is 51.1 Å². The van der Waals surface area contributed by atoms with Gasteiger partial charge < -0.3 is 24.4 Å². The molecule has 0 spiro atoms. The average molecular weight is 492 g/mol. The number of nitrogens with one attached hydrogen (secondary N) is 1. The number of benzene rings is 1. The van der Waals surface area contributed by atoms with E-state index in [0.717, 1.165) is 0 Å². The van der Waals surface area contributed by atoms with Gasteiger partial charge in [0.05, 0.1) is 6.61 Å². The van der Waals surface area contributed by atoms with Gasteiger partial charge in [-0.3, -0.25) is 9.59 Å². The van der Waals surface area contributed by atoms with Crippen molar-refractivity contribution in [2.75, 3.05) is 6.61 Å². The zero-order valence-electron chi connectivity index (χ0n) is 19.0. The zero-order valence-corrected chi connectivity index (χ0v) is 19.9. The number of azide groups is 1. The summed E-state index contributed by atoms with van der Waals surface area (Å²) < 4.78 is 14.0. The molecule has 182 valence electrons. The number of ether oxygens (including phenoxy) is 3. The highest BCUT2D eigenvalue weighted by Crippen LogP contribution is 2.51. The summed E-state index contributed by atoms with van der Waals surface area (Å²) in [7, 11) is 0. The quantitative estimate of drug-likeness (QED) is 0.145. The number of thioether (sulfide) groups is 1. The molecule has 0 aliphatic carbocycles. The number of carbonyl (C=O) groups is 4. The molecule has 2 fully saturated rings. The number of carbonyl (C=O) groups excluding carboxylic acids is 4. The molecule has 5 atom stereocenters. The van der Waals surface area contributed by atoms with Crippen molar-refractivity contribution in [2.24, 2.45) is 5.11 Å². The minimum Gasteiger partial charge on any atom is -0.435 e. The molecule has 0 radical (unpaired) electrons. The number of β-lactam (4-membered cyclic amide) rings is 1. The lowest BCUT2D eigenvalue weighted by Gasteiger charge is -2.44. The number of hydrogen-bond donors (Lipinski definition) is 1. The van der Waals surface area contributed by atoms with Crippen molar-refractivity contribution < 1.29 is 33.4 Å². The van der Waals surface area contributed by atoms with Crippen LogP contribution in [0.15, 0.2) is 35.4 Å². The third-order valence-electron chi connectivity index (χ3n) is 5.30. The summed E-state index contributed by atoms with van der Waals surface area (Å²) in [4.78, 5) is 54.2. The Morgan fingerprint density at radius 3 is 2.56 bits per heavy atom. The lowest BCUT2D eigenvalue weighted by Crippen LogP contribution is -2.71. The van der Waals surface area contributed by atoms with Crippen molar-refractivity contribution in [1.82, 2.24) is 10.2 Å². The summed E-state index contributed by atoms with van der Waals surface area (Å²) in [6.45, 7) is 6.63. The number of nitrogens with zero attached hydrogens (tertiary/aromatic N) is 4. The minimum atomic E-state index is -1.21. The van der Waals surface area contributed by atoms with Gasteiger partial charge in [-0.25, -0.2) is 9.59 Å². The van der Waals surface area contributed by atoms with Crippen LogP contribution in [-0.2, 0) is 28.6 Å². The Morgan fingerprint density at radius 2 is 1.94 bits per heavy atom. The molecule has 12 nitrogen and oxygen atoms in total. The van der Waals surface area contributed by atoms with Crippen molar-refractivity contribution in [3.05, 3.63) is 46.3 Å². The van der Waals surface area contributed by atoms with Gasteiger partial charge in [-0.2, -0.15) is 0 Å². The fraction of sp³-hybridized carbons (Fsp3) is 0.524. The summed E-state index contributed by atoms with van der Waals surface area (Å²) in [5.74, 6) is -1.83. The van der Waals surface area contributed by atoms with E-state index in [4.69, 9.17) is 15.0 Å². The first-order valence-electron chi connectivity index (χ1n) is 10.5. The summed E-state index contributed by atoms with van der Waals surface area (Å²) in [5, 5.41) is 5.69. The van der Waals surface area contributed by atoms with Crippen LogP contribution in [0.2, 0.25) is 0 Å². The molecule has 1 aromatic carbocycles. The monoisotopic (exact) mass is 491 g/mol. The van der Waals surface area contributed by atoms with E-state index in [1.807, 2.05) is 0 Å². The van der Waals surface area contributed by atoms with Crippen molar-refractivity contribution in [2.45, 2.75) is 62.2 Å². The van der Waals surface area contributed by atoms with Crippen LogP contribution in [0.1, 0.15) is 39.3 Å². The third kappa shape index (κ3) is 5.05. The number of amides is 2. The molecule has 1 aromatic rings. The van der Waals surface area contributed by atoms with Gasteiger partial charge in [-0.05, 0) is 31.9 Å². The van der Waals surface area contributed by atoms with E-state index < -0.39 is 58.5 Å². The van der Waals surface area contributed by atoms with Gasteiger partial charge in [0.1, 0.15) is 23.5 Å². The van der Waals surface area contributed by atoms with Gasteiger partial charge >= 0.3 is 12.1 Å². The number of hydrogen-bond acceptors (Lipinski definition) is 9. The smallest absolute Gasteiger partial charge is 0.435 e. The lowest BCUT2D eigenvalue weighted by atomic mass is 9.95. The largest absolute Gasteiger partial charge is 0.511 e. The molecule has 34 heavy (non-hydrogen) atoms. The molecule has 1 N–H and O–H groups in total. The second-order valence-corrected chi connectivity index (χ2v) is 9.84. The fourth-order valence-corrected chi connectivity index (χ4v) is 5.48. The van der Waals surface area contributed by atoms with E-state index >= 15 is 0 Å². The molecular formula is C21H25N5O7S. The highest BCUT2D eigenvalue weighted by Gasteiger charge is 2.64. The van der Waals surface area contributed by atoms with Gasteiger partial charge in [-0.1, -0.05) is 35.4 Å². The predicted molar refractivity (Wildman–Crippen MR) is 120 cm³/mol. The Labute approximate surface area is 199 Å². The van der Waals surface area contributed by atoms with Crippen LogP contribution in [0.4, 0.5) is 4.79 Å². The molecule has 2 saturated heterocycles. The molecule has 13 heteroatoms. The normalized spacial score (nSPS) is 23.9. The first-order chi connectivity index (χ1) is 16.1. The van der Waals surface area contributed by atoms with Crippen LogP contribution in [-0.4, -0.2) is 63.9 Å². The summed E-state index contributed by atoms with van der Waals surface area (Å²) in [5.41, 5.74) is 9.37. The van der Waals surface area contributed by atoms with Gasteiger partial charge in [0.15, 0.2) is 0 Å². The van der Waals surface area contributed by atoms with Gasteiger partial charge in [-0.15, -0.1) is 11.8 Å². The van der Waals surface area contributed by atoms with Crippen LogP contribution < -0.4 is 5.32 Å². The van der Waals surface area contributed by atoms with E-state index in [2.05, 4.69) is 20.1 Å².